The van der Waals surface area contributed by atoms with E-state index in [9.17, 15) is 17.2 Å². The Balaban J connectivity index is 4.05. The Labute approximate surface area is 70.9 Å². The van der Waals surface area contributed by atoms with Crippen LogP contribution in [-0.2, 0) is 9.84 Å². The molecule has 0 amide bonds. The van der Waals surface area contributed by atoms with Crippen LogP contribution in [0.4, 0.5) is 8.78 Å². The van der Waals surface area contributed by atoms with Crippen molar-refractivity contribution < 1.29 is 17.2 Å². The summed E-state index contributed by atoms with van der Waals surface area (Å²) in [6, 6.07) is -0.534. The van der Waals surface area contributed by atoms with E-state index in [4.69, 9.17) is 5.73 Å². The van der Waals surface area contributed by atoms with Gasteiger partial charge in [0.05, 0.1) is 5.75 Å². The largest absolute Gasteiger partial charge is 0.327 e. The summed E-state index contributed by atoms with van der Waals surface area (Å²) < 4.78 is 45.0. The summed E-state index contributed by atoms with van der Waals surface area (Å²) in [7, 11) is -3.67. The van der Waals surface area contributed by atoms with E-state index in [0.717, 1.165) is 0 Å². The fourth-order valence-corrected chi connectivity index (χ4v) is 2.11. The Kier molecular flexibility index (Phi) is 4.62. The van der Waals surface area contributed by atoms with Crippen LogP contribution in [0.5, 0.6) is 0 Å². The molecule has 0 spiro atoms. The lowest BCUT2D eigenvalue weighted by molar-refractivity contribution is 0.174. The van der Waals surface area contributed by atoms with Gasteiger partial charge in [0.1, 0.15) is 5.75 Å². The molecule has 0 bridgehead atoms. The van der Waals surface area contributed by atoms with Gasteiger partial charge in [0.25, 0.3) is 6.43 Å². The van der Waals surface area contributed by atoms with Crippen LogP contribution in [-0.4, -0.2) is 32.4 Å². The molecule has 1 unspecified atom stereocenters. The molecule has 12 heavy (non-hydrogen) atoms. The Bertz CT molecular complexity index is 216. The van der Waals surface area contributed by atoms with Crippen molar-refractivity contribution >= 4 is 9.84 Å². The molecule has 0 aliphatic heterocycles. The van der Waals surface area contributed by atoms with Gasteiger partial charge in [-0.15, -0.1) is 0 Å². The molecule has 3 nitrogen and oxygen atoms in total. The van der Waals surface area contributed by atoms with Crippen LogP contribution in [0.15, 0.2) is 0 Å². The summed E-state index contributed by atoms with van der Waals surface area (Å²) in [5.74, 6) is -1.44. The maximum absolute atomic E-state index is 11.7. The van der Waals surface area contributed by atoms with Crippen molar-refractivity contribution in [2.24, 2.45) is 5.73 Å². The highest BCUT2D eigenvalue weighted by Crippen LogP contribution is 2.02. The van der Waals surface area contributed by atoms with Crippen LogP contribution >= 0.6 is 0 Å². The maximum Gasteiger partial charge on any atom is 0.252 e. The zero-order valence-electron chi connectivity index (χ0n) is 6.83. The molecule has 0 saturated heterocycles. The molecule has 0 heterocycles. The first-order valence-corrected chi connectivity index (χ1v) is 5.43. The second-order valence-electron chi connectivity index (χ2n) is 2.64. The molecular formula is C6H13F2NO2S. The van der Waals surface area contributed by atoms with Crippen LogP contribution in [0.25, 0.3) is 0 Å². The van der Waals surface area contributed by atoms with E-state index in [1.54, 1.807) is 6.92 Å². The van der Waals surface area contributed by atoms with Crippen molar-refractivity contribution in [3.05, 3.63) is 0 Å². The van der Waals surface area contributed by atoms with Crippen LogP contribution in [0.3, 0.4) is 0 Å². The summed E-state index contributed by atoms with van der Waals surface area (Å²) in [4.78, 5) is 0. The van der Waals surface area contributed by atoms with Crippen LogP contribution < -0.4 is 5.73 Å². The lowest BCUT2D eigenvalue weighted by Crippen LogP contribution is -2.31. The van der Waals surface area contributed by atoms with Crippen LogP contribution in [0.2, 0.25) is 0 Å². The minimum Gasteiger partial charge on any atom is -0.327 e. The number of sulfone groups is 1. The molecule has 6 heteroatoms. The summed E-state index contributed by atoms with van der Waals surface area (Å²) in [6.07, 6.45) is -2.33. The molecule has 0 saturated carbocycles. The zero-order chi connectivity index (χ0) is 9.78. The third-order valence-corrected chi connectivity index (χ3v) is 3.07. The van der Waals surface area contributed by atoms with E-state index in [1.165, 1.54) is 0 Å². The first-order chi connectivity index (χ1) is 5.37. The molecule has 74 valence electrons. The number of nitrogens with two attached hydrogens (primary N) is 1. The third kappa shape index (κ3) is 5.42. The molecule has 0 aliphatic rings. The molecule has 1 atom stereocenters. The maximum atomic E-state index is 11.7. The summed E-state index contributed by atoms with van der Waals surface area (Å²) >= 11 is 0. The molecule has 2 N–H and O–H groups in total. The molecule has 0 aromatic heterocycles. The van der Waals surface area contributed by atoms with Crippen molar-refractivity contribution in [1.29, 1.82) is 0 Å². The number of alkyl halides is 2. The van der Waals surface area contributed by atoms with E-state index in [-0.39, 0.29) is 5.75 Å². The Morgan fingerprint density at radius 3 is 2.17 bits per heavy atom. The number of hydrogen-bond acceptors (Lipinski definition) is 3. The fraction of sp³-hybridized carbons (Fsp3) is 1.00. The van der Waals surface area contributed by atoms with Gasteiger partial charge >= 0.3 is 0 Å². The van der Waals surface area contributed by atoms with Crippen molar-refractivity contribution in [2.45, 2.75) is 25.8 Å². The fourth-order valence-electron chi connectivity index (χ4n) is 0.704. The molecular weight excluding hydrogens is 188 g/mol. The smallest absolute Gasteiger partial charge is 0.252 e. The monoisotopic (exact) mass is 201 g/mol. The van der Waals surface area contributed by atoms with Gasteiger partial charge in [-0.3, -0.25) is 0 Å². The van der Waals surface area contributed by atoms with Crippen LogP contribution in [0.1, 0.15) is 13.3 Å². The summed E-state index contributed by atoms with van der Waals surface area (Å²) in [5.41, 5.74) is 5.31. The lowest BCUT2D eigenvalue weighted by Gasteiger charge is -2.08. The van der Waals surface area contributed by atoms with E-state index >= 15 is 0 Å². The Morgan fingerprint density at radius 1 is 1.33 bits per heavy atom. The highest BCUT2D eigenvalue weighted by Gasteiger charge is 2.20. The van der Waals surface area contributed by atoms with E-state index in [0.29, 0.717) is 6.42 Å². The van der Waals surface area contributed by atoms with Gasteiger partial charge in [-0.25, -0.2) is 17.2 Å². The van der Waals surface area contributed by atoms with Crippen LogP contribution in [0, 0.1) is 0 Å². The number of hydrogen-bond donors (Lipinski definition) is 1. The summed E-state index contributed by atoms with van der Waals surface area (Å²) in [6.45, 7) is 1.71. The van der Waals surface area contributed by atoms with Gasteiger partial charge in [-0.2, -0.15) is 0 Å². The standard InChI is InChI=1S/C6H13F2NO2S/c1-2-5(9)3-12(10,11)4-6(7)8/h5-6H,2-4,9H2,1H3. The molecule has 0 radical (unpaired) electrons. The van der Waals surface area contributed by atoms with Gasteiger partial charge in [0.2, 0.25) is 0 Å². The predicted octanol–water partition coefficient (Wildman–Crippen LogP) is 0.404. The third-order valence-electron chi connectivity index (χ3n) is 1.37. The van der Waals surface area contributed by atoms with Crippen molar-refractivity contribution in [1.82, 2.24) is 0 Å². The van der Waals surface area contributed by atoms with E-state index in [2.05, 4.69) is 0 Å². The molecule has 0 aliphatic carbocycles. The normalized spacial score (nSPS) is 15.1. The van der Waals surface area contributed by atoms with Gasteiger partial charge in [0, 0.05) is 6.04 Å². The number of halogens is 2. The van der Waals surface area contributed by atoms with Gasteiger partial charge < -0.3 is 5.73 Å². The van der Waals surface area contributed by atoms with Crippen molar-refractivity contribution in [3.8, 4) is 0 Å². The quantitative estimate of drug-likeness (QED) is 0.700. The second kappa shape index (κ2) is 4.71. The topological polar surface area (TPSA) is 60.2 Å². The second-order valence-corrected chi connectivity index (χ2v) is 4.79. The molecule has 0 rings (SSSR count). The van der Waals surface area contributed by atoms with E-state index in [1.807, 2.05) is 0 Å². The minimum atomic E-state index is -3.67. The average molecular weight is 201 g/mol. The van der Waals surface area contributed by atoms with Gasteiger partial charge in [-0.05, 0) is 6.42 Å². The Hall–Kier alpha value is -0.230. The van der Waals surface area contributed by atoms with Crippen molar-refractivity contribution in [3.63, 3.8) is 0 Å². The van der Waals surface area contributed by atoms with Gasteiger partial charge in [0.15, 0.2) is 9.84 Å². The Morgan fingerprint density at radius 2 is 1.83 bits per heavy atom. The number of rotatable bonds is 5. The highest BCUT2D eigenvalue weighted by molar-refractivity contribution is 7.91. The SMILES string of the molecule is CCC(N)CS(=O)(=O)CC(F)F. The lowest BCUT2D eigenvalue weighted by atomic mass is 10.3. The van der Waals surface area contributed by atoms with Gasteiger partial charge in [-0.1, -0.05) is 6.92 Å². The highest BCUT2D eigenvalue weighted by atomic mass is 32.2. The molecule has 0 aromatic rings. The molecule has 0 aromatic carbocycles. The van der Waals surface area contributed by atoms with E-state index < -0.39 is 28.1 Å². The van der Waals surface area contributed by atoms with Crippen molar-refractivity contribution in [2.75, 3.05) is 11.5 Å². The molecule has 0 fully saturated rings. The first kappa shape index (κ1) is 11.8. The zero-order valence-corrected chi connectivity index (χ0v) is 7.65. The minimum absolute atomic E-state index is 0.353. The summed E-state index contributed by atoms with van der Waals surface area (Å²) in [5, 5.41) is 0. The predicted molar refractivity (Wildman–Crippen MR) is 42.9 cm³/mol. The average Bonchev–Trinajstić information content (AvgIpc) is 1.83. The first-order valence-electron chi connectivity index (χ1n) is 3.61.